The molecule has 0 fully saturated rings. The molecule has 5 heteroatoms. The second-order valence-corrected chi connectivity index (χ2v) is 6.61. The van der Waals surface area contributed by atoms with Crippen molar-refractivity contribution in [1.29, 1.82) is 0 Å². The van der Waals surface area contributed by atoms with Crippen molar-refractivity contribution in [3.05, 3.63) is 66.2 Å². The molecule has 1 aromatic heterocycles. The van der Waals surface area contributed by atoms with Gasteiger partial charge < -0.3 is 15.4 Å². The van der Waals surface area contributed by atoms with Gasteiger partial charge in [-0.3, -0.25) is 0 Å². The van der Waals surface area contributed by atoms with Crippen LogP contribution < -0.4 is 10.6 Å². The largest absolute Gasteiger partial charge is 0.383 e. The van der Waals surface area contributed by atoms with E-state index in [2.05, 4.69) is 52.6 Å². The molecule has 0 unspecified atom stereocenters. The summed E-state index contributed by atoms with van der Waals surface area (Å²) in [4.78, 5) is 9.29. The monoisotopic (exact) mass is 362 g/mol. The highest BCUT2D eigenvalue weighted by atomic mass is 16.5. The number of nitrogens with one attached hydrogen (secondary N) is 2. The Labute approximate surface area is 160 Å². The standard InChI is InChI=1S/C22H26N4O/c1-16(2)18-11-7-8-12-19(18)24-21-15-20(17-9-5-4-6-10-17)25-22(26-21)23-13-14-27-3/h4-12,15-16H,13-14H2,1-3H3,(H2,23,24,25,26). The molecule has 0 atom stereocenters. The first-order valence-electron chi connectivity index (χ1n) is 9.20. The quantitative estimate of drug-likeness (QED) is 0.548. The molecule has 0 bridgehead atoms. The Kier molecular flexibility index (Phi) is 6.39. The van der Waals surface area contributed by atoms with Crippen molar-refractivity contribution in [2.75, 3.05) is 30.9 Å². The first-order chi connectivity index (χ1) is 13.2. The molecule has 3 rings (SSSR count). The third kappa shape index (κ3) is 5.05. The third-order valence-electron chi connectivity index (χ3n) is 4.23. The smallest absolute Gasteiger partial charge is 0.225 e. The van der Waals surface area contributed by atoms with E-state index in [9.17, 15) is 0 Å². The summed E-state index contributed by atoms with van der Waals surface area (Å²) >= 11 is 0. The highest BCUT2D eigenvalue weighted by molar-refractivity contribution is 5.68. The molecular weight excluding hydrogens is 336 g/mol. The molecule has 1 heterocycles. The number of ether oxygens (including phenoxy) is 1. The lowest BCUT2D eigenvalue weighted by Gasteiger charge is -2.15. The Morgan fingerprint density at radius 1 is 0.963 bits per heavy atom. The van der Waals surface area contributed by atoms with Gasteiger partial charge in [0.15, 0.2) is 0 Å². The van der Waals surface area contributed by atoms with Crippen molar-refractivity contribution in [3.8, 4) is 11.3 Å². The first-order valence-corrected chi connectivity index (χ1v) is 9.20. The Balaban J connectivity index is 1.95. The number of aromatic nitrogens is 2. The van der Waals surface area contributed by atoms with Gasteiger partial charge in [0, 0.05) is 31.0 Å². The zero-order valence-corrected chi connectivity index (χ0v) is 16.1. The molecule has 0 aliphatic heterocycles. The summed E-state index contributed by atoms with van der Waals surface area (Å²) in [6.07, 6.45) is 0. The van der Waals surface area contributed by atoms with Crippen LogP contribution >= 0.6 is 0 Å². The molecule has 2 N–H and O–H groups in total. The molecule has 0 aliphatic rings. The summed E-state index contributed by atoms with van der Waals surface area (Å²) in [7, 11) is 1.68. The van der Waals surface area contributed by atoms with E-state index in [1.807, 2.05) is 42.5 Å². The molecular formula is C22H26N4O. The number of anilines is 3. The van der Waals surface area contributed by atoms with E-state index in [0.29, 0.717) is 25.0 Å². The third-order valence-corrected chi connectivity index (χ3v) is 4.23. The molecule has 0 amide bonds. The van der Waals surface area contributed by atoms with Crippen molar-refractivity contribution in [1.82, 2.24) is 9.97 Å². The molecule has 0 spiro atoms. The van der Waals surface area contributed by atoms with Crippen LogP contribution in [0.3, 0.4) is 0 Å². The van der Waals surface area contributed by atoms with E-state index in [1.165, 1.54) is 5.56 Å². The van der Waals surface area contributed by atoms with Crippen molar-refractivity contribution < 1.29 is 4.74 Å². The fraction of sp³-hybridized carbons (Fsp3) is 0.273. The highest BCUT2D eigenvalue weighted by Gasteiger charge is 2.10. The molecule has 0 radical (unpaired) electrons. The number of nitrogens with zero attached hydrogens (tertiary/aromatic N) is 2. The molecule has 0 aliphatic carbocycles. The summed E-state index contributed by atoms with van der Waals surface area (Å²) < 4.78 is 5.11. The fourth-order valence-corrected chi connectivity index (χ4v) is 2.86. The molecule has 5 nitrogen and oxygen atoms in total. The Morgan fingerprint density at radius 3 is 2.44 bits per heavy atom. The lowest BCUT2D eigenvalue weighted by Crippen LogP contribution is -2.11. The Morgan fingerprint density at radius 2 is 1.70 bits per heavy atom. The van der Waals surface area contributed by atoms with Gasteiger partial charge in [-0.05, 0) is 17.5 Å². The van der Waals surface area contributed by atoms with Gasteiger partial charge in [-0.15, -0.1) is 0 Å². The molecule has 2 aromatic carbocycles. The van der Waals surface area contributed by atoms with Crippen LogP contribution in [0.25, 0.3) is 11.3 Å². The number of benzene rings is 2. The lowest BCUT2D eigenvalue weighted by molar-refractivity contribution is 0.210. The SMILES string of the molecule is COCCNc1nc(Nc2ccccc2C(C)C)cc(-c2ccccc2)n1. The van der Waals surface area contributed by atoms with Crippen LogP contribution in [0.1, 0.15) is 25.3 Å². The van der Waals surface area contributed by atoms with E-state index in [0.717, 1.165) is 22.8 Å². The average molecular weight is 362 g/mol. The predicted molar refractivity (Wildman–Crippen MR) is 112 cm³/mol. The van der Waals surface area contributed by atoms with E-state index in [4.69, 9.17) is 4.74 Å². The predicted octanol–water partition coefficient (Wildman–Crippen LogP) is 5.07. The van der Waals surface area contributed by atoms with Gasteiger partial charge >= 0.3 is 0 Å². The van der Waals surface area contributed by atoms with Gasteiger partial charge in [0.2, 0.25) is 5.95 Å². The van der Waals surface area contributed by atoms with Crippen molar-refractivity contribution >= 4 is 17.5 Å². The zero-order valence-electron chi connectivity index (χ0n) is 16.1. The molecule has 0 saturated carbocycles. The van der Waals surface area contributed by atoms with Gasteiger partial charge in [-0.2, -0.15) is 4.98 Å². The van der Waals surface area contributed by atoms with Crippen LogP contribution in [-0.2, 0) is 4.74 Å². The minimum atomic E-state index is 0.420. The summed E-state index contributed by atoms with van der Waals surface area (Å²) in [6, 6.07) is 20.4. The number of hydrogen-bond donors (Lipinski definition) is 2. The maximum absolute atomic E-state index is 5.11. The van der Waals surface area contributed by atoms with Crippen molar-refractivity contribution in [3.63, 3.8) is 0 Å². The minimum Gasteiger partial charge on any atom is -0.383 e. The second-order valence-electron chi connectivity index (χ2n) is 6.61. The first kappa shape index (κ1) is 18.9. The molecule has 27 heavy (non-hydrogen) atoms. The van der Waals surface area contributed by atoms with Crippen LogP contribution in [0.4, 0.5) is 17.5 Å². The van der Waals surface area contributed by atoms with E-state index in [1.54, 1.807) is 7.11 Å². The maximum atomic E-state index is 5.11. The number of para-hydroxylation sites is 1. The lowest BCUT2D eigenvalue weighted by atomic mass is 10.0. The van der Waals surface area contributed by atoms with Crippen LogP contribution in [0.5, 0.6) is 0 Å². The zero-order chi connectivity index (χ0) is 19.1. The van der Waals surface area contributed by atoms with Crippen LogP contribution in [0.2, 0.25) is 0 Å². The van der Waals surface area contributed by atoms with Crippen LogP contribution in [0.15, 0.2) is 60.7 Å². The fourth-order valence-electron chi connectivity index (χ4n) is 2.86. The summed E-state index contributed by atoms with van der Waals surface area (Å²) in [5.74, 6) is 1.76. The van der Waals surface area contributed by atoms with Gasteiger partial charge in [0.05, 0.1) is 12.3 Å². The van der Waals surface area contributed by atoms with E-state index < -0.39 is 0 Å². The minimum absolute atomic E-state index is 0.420. The molecule has 3 aromatic rings. The molecule has 0 saturated heterocycles. The van der Waals surface area contributed by atoms with Gasteiger partial charge in [-0.25, -0.2) is 4.98 Å². The van der Waals surface area contributed by atoms with Gasteiger partial charge in [-0.1, -0.05) is 62.4 Å². The van der Waals surface area contributed by atoms with Crippen molar-refractivity contribution in [2.24, 2.45) is 0 Å². The number of hydrogen-bond acceptors (Lipinski definition) is 5. The van der Waals surface area contributed by atoms with Crippen molar-refractivity contribution in [2.45, 2.75) is 19.8 Å². The number of rotatable bonds is 8. The Bertz CT molecular complexity index is 865. The van der Waals surface area contributed by atoms with E-state index >= 15 is 0 Å². The maximum Gasteiger partial charge on any atom is 0.225 e. The second kappa shape index (κ2) is 9.14. The number of methoxy groups -OCH3 is 1. The van der Waals surface area contributed by atoms with Gasteiger partial charge in [0.25, 0.3) is 0 Å². The van der Waals surface area contributed by atoms with Gasteiger partial charge in [0.1, 0.15) is 5.82 Å². The normalized spacial score (nSPS) is 10.8. The average Bonchev–Trinajstić information content (AvgIpc) is 2.69. The highest BCUT2D eigenvalue weighted by Crippen LogP contribution is 2.28. The van der Waals surface area contributed by atoms with Crippen LogP contribution in [0, 0.1) is 0 Å². The summed E-state index contributed by atoms with van der Waals surface area (Å²) in [6.45, 7) is 5.62. The topological polar surface area (TPSA) is 59.1 Å². The van der Waals surface area contributed by atoms with Crippen LogP contribution in [-0.4, -0.2) is 30.2 Å². The molecule has 140 valence electrons. The van der Waals surface area contributed by atoms with E-state index in [-0.39, 0.29) is 0 Å². The summed E-state index contributed by atoms with van der Waals surface area (Å²) in [5, 5.41) is 6.70. The summed E-state index contributed by atoms with van der Waals surface area (Å²) in [5.41, 5.74) is 4.24. The Hall–Kier alpha value is -2.92.